The number of methoxy groups -OCH3 is 1. The molecular weight excluding hydrogens is 236 g/mol. The highest BCUT2D eigenvalue weighted by molar-refractivity contribution is 6.17. The van der Waals surface area contributed by atoms with Crippen LogP contribution in [0.2, 0.25) is 0 Å². The molecular formula is C13H21ClN2O. The van der Waals surface area contributed by atoms with Gasteiger partial charge in [0.15, 0.2) is 0 Å². The van der Waals surface area contributed by atoms with Gasteiger partial charge in [-0.15, -0.1) is 11.6 Å². The van der Waals surface area contributed by atoms with Crippen LogP contribution in [-0.4, -0.2) is 31.8 Å². The monoisotopic (exact) mass is 256 g/mol. The second-order valence-electron chi connectivity index (χ2n) is 4.49. The van der Waals surface area contributed by atoms with Crippen LogP contribution in [0.4, 0.5) is 5.82 Å². The number of hydrogen-bond donors (Lipinski definition) is 0. The van der Waals surface area contributed by atoms with Gasteiger partial charge in [0.05, 0.1) is 6.61 Å². The van der Waals surface area contributed by atoms with Crippen LogP contribution in [0.25, 0.3) is 0 Å². The Morgan fingerprint density at radius 3 is 2.65 bits per heavy atom. The van der Waals surface area contributed by atoms with Crippen molar-refractivity contribution in [3.8, 4) is 0 Å². The molecule has 0 amide bonds. The lowest BCUT2D eigenvalue weighted by molar-refractivity contribution is 0.204. The Labute approximate surface area is 109 Å². The molecule has 4 heteroatoms. The number of aromatic nitrogens is 1. The molecule has 0 aliphatic heterocycles. The summed E-state index contributed by atoms with van der Waals surface area (Å²) in [5.41, 5.74) is 1.05. The van der Waals surface area contributed by atoms with Crippen molar-refractivity contribution >= 4 is 17.4 Å². The maximum Gasteiger partial charge on any atom is 0.128 e. The number of ether oxygens (including phenoxy) is 1. The van der Waals surface area contributed by atoms with Gasteiger partial charge in [-0.25, -0.2) is 4.98 Å². The van der Waals surface area contributed by atoms with Gasteiger partial charge >= 0.3 is 0 Å². The number of nitrogens with zero attached hydrogens (tertiary/aromatic N) is 2. The predicted molar refractivity (Wildman–Crippen MR) is 72.7 cm³/mol. The van der Waals surface area contributed by atoms with Gasteiger partial charge in [-0.05, 0) is 17.5 Å². The summed E-state index contributed by atoms with van der Waals surface area (Å²) in [7, 11) is 1.72. The lowest BCUT2D eigenvalue weighted by atomic mass is 10.2. The summed E-state index contributed by atoms with van der Waals surface area (Å²) in [5, 5.41) is 0. The topological polar surface area (TPSA) is 25.4 Å². The van der Waals surface area contributed by atoms with E-state index in [1.807, 2.05) is 18.3 Å². The van der Waals surface area contributed by atoms with Gasteiger partial charge in [0.1, 0.15) is 5.82 Å². The molecule has 17 heavy (non-hydrogen) atoms. The fourth-order valence-corrected chi connectivity index (χ4v) is 1.78. The minimum Gasteiger partial charge on any atom is -0.383 e. The number of rotatable bonds is 7. The lowest BCUT2D eigenvalue weighted by Gasteiger charge is -2.25. The summed E-state index contributed by atoms with van der Waals surface area (Å²) in [6.07, 6.45) is 1.84. The number of alkyl halides is 1. The van der Waals surface area contributed by atoms with E-state index in [4.69, 9.17) is 16.3 Å². The third-order valence-corrected chi connectivity index (χ3v) is 2.75. The van der Waals surface area contributed by atoms with E-state index >= 15 is 0 Å². The number of anilines is 1. The molecule has 1 aromatic heterocycles. The molecule has 0 aliphatic carbocycles. The maximum atomic E-state index is 5.75. The summed E-state index contributed by atoms with van der Waals surface area (Å²) in [6.45, 7) is 6.96. The minimum atomic E-state index is 0.509. The van der Waals surface area contributed by atoms with Gasteiger partial charge in [0, 0.05) is 32.3 Å². The van der Waals surface area contributed by atoms with E-state index in [1.165, 1.54) is 0 Å². The third-order valence-electron chi connectivity index (χ3n) is 2.44. The Bertz CT molecular complexity index is 314. The van der Waals surface area contributed by atoms with Gasteiger partial charge in [0.2, 0.25) is 0 Å². The Balaban J connectivity index is 2.72. The molecule has 0 unspecified atom stereocenters. The smallest absolute Gasteiger partial charge is 0.128 e. The standard InChI is InChI=1S/C13H21ClN2O/c1-11(2)10-16(6-7-17-3)13-5-4-12(8-14)9-15-13/h4-5,9,11H,6-8,10H2,1-3H3. The van der Waals surface area contributed by atoms with Crippen LogP contribution in [0, 0.1) is 5.92 Å². The van der Waals surface area contributed by atoms with E-state index in [1.54, 1.807) is 7.11 Å². The summed E-state index contributed by atoms with van der Waals surface area (Å²) in [4.78, 5) is 6.68. The molecule has 1 aromatic rings. The van der Waals surface area contributed by atoms with Gasteiger partial charge in [-0.3, -0.25) is 0 Å². The summed E-state index contributed by atoms with van der Waals surface area (Å²) in [6, 6.07) is 4.05. The van der Waals surface area contributed by atoms with Crippen LogP contribution in [0.1, 0.15) is 19.4 Å². The lowest BCUT2D eigenvalue weighted by Crippen LogP contribution is -2.31. The molecule has 0 bridgehead atoms. The first kappa shape index (κ1) is 14.3. The molecule has 1 heterocycles. The molecule has 96 valence electrons. The molecule has 0 atom stereocenters. The van der Waals surface area contributed by atoms with Crippen LogP contribution in [0.3, 0.4) is 0 Å². The Hall–Kier alpha value is -0.800. The molecule has 1 rings (SSSR count). The van der Waals surface area contributed by atoms with Crippen molar-refractivity contribution in [3.05, 3.63) is 23.9 Å². The molecule has 0 aliphatic rings. The summed E-state index contributed by atoms with van der Waals surface area (Å²) in [5.74, 6) is 2.10. The SMILES string of the molecule is COCCN(CC(C)C)c1ccc(CCl)cn1. The first-order chi connectivity index (χ1) is 8.17. The fourth-order valence-electron chi connectivity index (χ4n) is 1.62. The van der Waals surface area contributed by atoms with Gasteiger partial charge in [-0.1, -0.05) is 19.9 Å². The van der Waals surface area contributed by atoms with Crippen molar-refractivity contribution in [2.24, 2.45) is 5.92 Å². The zero-order chi connectivity index (χ0) is 12.7. The Morgan fingerprint density at radius 2 is 2.18 bits per heavy atom. The molecule has 0 spiro atoms. The molecule has 0 radical (unpaired) electrons. The fraction of sp³-hybridized carbons (Fsp3) is 0.615. The second kappa shape index (κ2) is 7.51. The average Bonchev–Trinajstić information content (AvgIpc) is 2.34. The number of pyridine rings is 1. The van der Waals surface area contributed by atoms with Crippen molar-refractivity contribution in [2.75, 3.05) is 31.7 Å². The molecule has 3 nitrogen and oxygen atoms in total. The zero-order valence-corrected chi connectivity index (χ0v) is 11.6. The van der Waals surface area contributed by atoms with Crippen molar-refractivity contribution in [1.82, 2.24) is 4.98 Å². The van der Waals surface area contributed by atoms with E-state index in [-0.39, 0.29) is 0 Å². The van der Waals surface area contributed by atoms with E-state index in [2.05, 4.69) is 23.7 Å². The zero-order valence-electron chi connectivity index (χ0n) is 10.8. The summed E-state index contributed by atoms with van der Waals surface area (Å²) < 4.78 is 5.13. The van der Waals surface area contributed by atoms with Crippen molar-refractivity contribution < 1.29 is 4.74 Å². The first-order valence-electron chi connectivity index (χ1n) is 5.92. The molecule has 0 saturated heterocycles. The van der Waals surface area contributed by atoms with Crippen LogP contribution in [0.5, 0.6) is 0 Å². The molecule has 0 fully saturated rings. The number of halogens is 1. The van der Waals surface area contributed by atoms with Crippen molar-refractivity contribution in [3.63, 3.8) is 0 Å². The minimum absolute atomic E-state index is 0.509. The molecule has 0 saturated carbocycles. The van der Waals surface area contributed by atoms with Crippen LogP contribution < -0.4 is 4.90 Å². The quantitative estimate of drug-likeness (QED) is 0.702. The van der Waals surface area contributed by atoms with Crippen LogP contribution >= 0.6 is 11.6 Å². The maximum absolute atomic E-state index is 5.75. The van der Waals surface area contributed by atoms with Crippen molar-refractivity contribution in [2.45, 2.75) is 19.7 Å². The second-order valence-corrected chi connectivity index (χ2v) is 4.76. The Kier molecular flexibility index (Phi) is 6.30. The molecule has 0 N–H and O–H groups in total. The highest BCUT2D eigenvalue weighted by Crippen LogP contribution is 2.14. The average molecular weight is 257 g/mol. The van der Waals surface area contributed by atoms with E-state index in [0.29, 0.717) is 18.4 Å². The highest BCUT2D eigenvalue weighted by atomic mass is 35.5. The van der Waals surface area contributed by atoms with E-state index < -0.39 is 0 Å². The van der Waals surface area contributed by atoms with Gasteiger partial charge < -0.3 is 9.64 Å². The van der Waals surface area contributed by atoms with Gasteiger partial charge in [-0.2, -0.15) is 0 Å². The highest BCUT2D eigenvalue weighted by Gasteiger charge is 2.09. The van der Waals surface area contributed by atoms with E-state index in [0.717, 1.165) is 24.5 Å². The van der Waals surface area contributed by atoms with E-state index in [9.17, 15) is 0 Å². The summed E-state index contributed by atoms with van der Waals surface area (Å²) >= 11 is 5.75. The Morgan fingerprint density at radius 1 is 1.41 bits per heavy atom. The van der Waals surface area contributed by atoms with Crippen LogP contribution in [0.15, 0.2) is 18.3 Å². The third kappa shape index (κ3) is 4.92. The predicted octanol–water partition coefficient (Wildman–Crippen LogP) is 2.93. The van der Waals surface area contributed by atoms with Crippen LogP contribution in [-0.2, 0) is 10.6 Å². The first-order valence-corrected chi connectivity index (χ1v) is 6.45. The molecule has 0 aromatic carbocycles. The van der Waals surface area contributed by atoms with Gasteiger partial charge in [0.25, 0.3) is 0 Å². The normalized spacial score (nSPS) is 10.9. The number of hydrogen-bond acceptors (Lipinski definition) is 3. The largest absolute Gasteiger partial charge is 0.383 e. The van der Waals surface area contributed by atoms with Crippen molar-refractivity contribution in [1.29, 1.82) is 0 Å².